The van der Waals surface area contributed by atoms with E-state index in [1.807, 2.05) is 27.4 Å². The number of nitrogens with one attached hydrogen (secondary N) is 1. The normalized spacial score (nSPS) is 23.9. The number of hydrogen-bond acceptors (Lipinski definition) is 4. The van der Waals surface area contributed by atoms with Crippen molar-refractivity contribution in [1.82, 2.24) is 20.0 Å². The van der Waals surface area contributed by atoms with Crippen LogP contribution in [0.3, 0.4) is 0 Å². The van der Waals surface area contributed by atoms with Crippen molar-refractivity contribution in [2.24, 2.45) is 0 Å². The maximum absolute atomic E-state index is 13.2. The van der Waals surface area contributed by atoms with Crippen LogP contribution in [0.4, 0.5) is 0 Å². The summed E-state index contributed by atoms with van der Waals surface area (Å²) in [4.78, 5) is 15.2. The van der Waals surface area contributed by atoms with Gasteiger partial charge in [-0.1, -0.05) is 25.3 Å². The monoisotopic (exact) mass is 388 g/mol. The second kappa shape index (κ2) is 8.82. The molecule has 1 saturated heterocycles. The second-order valence-electron chi connectivity index (χ2n) is 8.09. The van der Waals surface area contributed by atoms with E-state index in [1.165, 1.54) is 43.4 Å². The zero-order chi connectivity index (χ0) is 18.6. The average Bonchev–Trinajstić information content (AvgIpc) is 3.07. The van der Waals surface area contributed by atoms with Crippen molar-refractivity contribution in [2.45, 2.75) is 70.0 Å². The Bertz CT molecular complexity index is 674. The van der Waals surface area contributed by atoms with Crippen LogP contribution in [0.15, 0.2) is 12.7 Å². The summed E-state index contributed by atoms with van der Waals surface area (Å²) in [7, 11) is 0. The Labute approximate surface area is 166 Å². The largest absolute Gasteiger partial charge is 0.336 e. The van der Waals surface area contributed by atoms with Crippen molar-refractivity contribution in [3.8, 4) is 0 Å². The van der Waals surface area contributed by atoms with Crippen molar-refractivity contribution < 1.29 is 4.79 Å². The molecular formula is C21H32N4OS. The summed E-state index contributed by atoms with van der Waals surface area (Å²) < 4.78 is 2.02. The van der Waals surface area contributed by atoms with Crippen molar-refractivity contribution in [1.29, 1.82) is 0 Å². The average molecular weight is 389 g/mol. The minimum Gasteiger partial charge on any atom is -0.336 e. The summed E-state index contributed by atoms with van der Waals surface area (Å²) in [6, 6.07) is 1.14. The van der Waals surface area contributed by atoms with Gasteiger partial charge in [0.2, 0.25) is 0 Å². The van der Waals surface area contributed by atoms with Crippen LogP contribution in [0.1, 0.15) is 60.3 Å². The molecule has 0 spiro atoms. The van der Waals surface area contributed by atoms with Gasteiger partial charge in [0.25, 0.3) is 5.91 Å². The van der Waals surface area contributed by atoms with E-state index in [0.717, 1.165) is 43.9 Å². The highest BCUT2D eigenvalue weighted by Crippen LogP contribution is 2.28. The summed E-state index contributed by atoms with van der Waals surface area (Å²) in [6.07, 6.45) is 11.6. The number of thioether (sulfide) groups is 1. The van der Waals surface area contributed by atoms with Gasteiger partial charge in [0.15, 0.2) is 5.69 Å². The summed E-state index contributed by atoms with van der Waals surface area (Å²) in [5.41, 5.74) is 3.15. The Kier molecular flexibility index (Phi) is 6.23. The lowest BCUT2D eigenvalue weighted by Crippen LogP contribution is -2.43. The van der Waals surface area contributed by atoms with Crippen molar-refractivity contribution in [3.05, 3.63) is 29.6 Å². The molecule has 1 saturated carbocycles. The molecule has 1 N–H and O–H groups in total. The molecule has 1 aromatic heterocycles. The number of carbonyl (C=O) groups excluding carboxylic acids is 1. The van der Waals surface area contributed by atoms with Gasteiger partial charge in [-0.2, -0.15) is 16.9 Å². The van der Waals surface area contributed by atoms with Crippen molar-refractivity contribution >= 4 is 17.7 Å². The molecule has 1 unspecified atom stereocenters. The molecule has 1 aliphatic heterocycles. The molecule has 1 aromatic rings. The third-order valence-corrected chi connectivity index (χ3v) is 7.17. The molecule has 1 atom stereocenters. The molecule has 0 radical (unpaired) electrons. The molecule has 5 nitrogen and oxygen atoms in total. The van der Waals surface area contributed by atoms with Gasteiger partial charge in [-0.15, -0.1) is 6.58 Å². The predicted octanol–water partition coefficient (Wildman–Crippen LogP) is 3.04. The Balaban J connectivity index is 1.53. The van der Waals surface area contributed by atoms with Gasteiger partial charge in [0, 0.05) is 47.9 Å². The Morgan fingerprint density at radius 2 is 1.96 bits per heavy atom. The number of carbonyl (C=O) groups is 1. The fraction of sp³-hybridized carbons (Fsp3) is 0.714. The number of allylic oxidation sites excluding steroid dienone is 1. The molecule has 4 rings (SSSR count). The first kappa shape index (κ1) is 19.1. The van der Waals surface area contributed by atoms with Crippen LogP contribution >= 0.6 is 11.8 Å². The maximum atomic E-state index is 13.2. The van der Waals surface area contributed by atoms with Crippen LogP contribution in [0.5, 0.6) is 0 Å². The van der Waals surface area contributed by atoms with E-state index in [2.05, 4.69) is 11.9 Å². The topological polar surface area (TPSA) is 50.2 Å². The second-order valence-corrected chi connectivity index (χ2v) is 9.32. The molecule has 3 aliphatic rings. The lowest BCUT2D eigenvalue weighted by Gasteiger charge is -2.31. The summed E-state index contributed by atoms with van der Waals surface area (Å²) >= 11 is 1.93. The lowest BCUT2D eigenvalue weighted by atomic mass is 9.88. The minimum atomic E-state index is 0.132. The SMILES string of the molecule is C=CCn1nc(C(=O)N2CCSCC2)c2c1CCC(NC1CCCCC1)C2. The zero-order valence-corrected chi connectivity index (χ0v) is 17.1. The van der Waals surface area contributed by atoms with Crippen LogP contribution in [0.2, 0.25) is 0 Å². The molecule has 0 bridgehead atoms. The van der Waals surface area contributed by atoms with Gasteiger partial charge in [-0.25, -0.2) is 0 Å². The highest BCUT2D eigenvalue weighted by molar-refractivity contribution is 7.99. The van der Waals surface area contributed by atoms with E-state index in [4.69, 9.17) is 5.10 Å². The molecule has 2 fully saturated rings. The highest BCUT2D eigenvalue weighted by Gasteiger charge is 2.32. The van der Waals surface area contributed by atoms with E-state index in [9.17, 15) is 4.79 Å². The van der Waals surface area contributed by atoms with Crippen LogP contribution in [0.25, 0.3) is 0 Å². The first-order valence-corrected chi connectivity index (χ1v) is 11.7. The van der Waals surface area contributed by atoms with Crippen LogP contribution in [0, 0.1) is 0 Å². The van der Waals surface area contributed by atoms with Gasteiger partial charge in [-0.3, -0.25) is 9.48 Å². The van der Waals surface area contributed by atoms with E-state index in [0.29, 0.717) is 24.3 Å². The van der Waals surface area contributed by atoms with Gasteiger partial charge in [0.1, 0.15) is 0 Å². The van der Waals surface area contributed by atoms with Crippen molar-refractivity contribution in [3.63, 3.8) is 0 Å². The maximum Gasteiger partial charge on any atom is 0.274 e. The number of aromatic nitrogens is 2. The number of rotatable bonds is 5. The quantitative estimate of drug-likeness (QED) is 0.788. The number of fused-ring (bicyclic) bond motifs is 1. The number of nitrogens with zero attached hydrogens (tertiary/aromatic N) is 3. The molecule has 6 heteroatoms. The van der Waals surface area contributed by atoms with E-state index in [-0.39, 0.29) is 5.91 Å². The number of amides is 1. The van der Waals surface area contributed by atoms with Crippen LogP contribution in [-0.2, 0) is 19.4 Å². The number of hydrogen-bond donors (Lipinski definition) is 1. The third kappa shape index (κ3) is 4.27. The highest BCUT2D eigenvalue weighted by atomic mass is 32.2. The first-order chi connectivity index (χ1) is 13.3. The van der Waals surface area contributed by atoms with Gasteiger partial charge < -0.3 is 10.2 Å². The first-order valence-electron chi connectivity index (χ1n) is 10.6. The Morgan fingerprint density at radius 3 is 2.70 bits per heavy atom. The predicted molar refractivity (Wildman–Crippen MR) is 111 cm³/mol. The molecule has 148 valence electrons. The van der Waals surface area contributed by atoms with Gasteiger partial charge in [-0.05, 0) is 32.1 Å². The van der Waals surface area contributed by atoms with Crippen LogP contribution in [-0.4, -0.2) is 57.3 Å². The molecule has 2 heterocycles. The Hall–Kier alpha value is -1.27. The molecular weight excluding hydrogens is 356 g/mol. The summed E-state index contributed by atoms with van der Waals surface area (Å²) in [5.74, 6) is 2.20. The molecule has 0 aromatic carbocycles. The summed E-state index contributed by atoms with van der Waals surface area (Å²) in [6.45, 7) is 6.24. The minimum absolute atomic E-state index is 0.132. The fourth-order valence-corrected chi connectivity index (χ4v) is 5.70. The van der Waals surface area contributed by atoms with E-state index >= 15 is 0 Å². The van der Waals surface area contributed by atoms with E-state index < -0.39 is 0 Å². The molecule has 27 heavy (non-hydrogen) atoms. The zero-order valence-electron chi connectivity index (χ0n) is 16.3. The van der Waals surface area contributed by atoms with Crippen molar-refractivity contribution in [2.75, 3.05) is 24.6 Å². The summed E-state index contributed by atoms with van der Waals surface area (Å²) in [5, 5.41) is 8.66. The third-order valence-electron chi connectivity index (χ3n) is 6.23. The van der Waals surface area contributed by atoms with Crippen LogP contribution < -0.4 is 5.32 Å². The molecule has 2 aliphatic carbocycles. The molecule has 1 amide bonds. The Morgan fingerprint density at radius 1 is 1.19 bits per heavy atom. The fourth-order valence-electron chi connectivity index (χ4n) is 4.79. The van der Waals surface area contributed by atoms with Gasteiger partial charge in [0.05, 0.1) is 6.54 Å². The van der Waals surface area contributed by atoms with Gasteiger partial charge >= 0.3 is 0 Å². The lowest BCUT2D eigenvalue weighted by molar-refractivity contribution is 0.0764. The smallest absolute Gasteiger partial charge is 0.274 e. The van der Waals surface area contributed by atoms with E-state index in [1.54, 1.807) is 0 Å². The standard InChI is InChI=1S/C21H32N4OS/c1-2-10-25-19-9-8-17(22-16-6-4-3-5-7-16)15-18(19)20(23-25)21(26)24-11-13-27-14-12-24/h2,16-17,22H,1,3-15H2.